The summed E-state index contributed by atoms with van der Waals surface area (Å²) in [6, 6.07) is -3.04. The lowest BCUT2D eigenvalue weighted by Gasteiger charge is -2.28. The van der Waals surface area contributed by atoms with Crippen molar-refractivity contribution in [3.05, 3.63) is 36.0 Å². The number of aliphatic hydroxyl groups is 1. The molecule has 0 saturated heterocycles. The van der Waals surface area contributed by atoms with E-state index in [1.807, 2.05) is 0 Å². The number of hydrogen-bond acceptors (Lipinski definition) is 12. The minimum Gasteiger partial charge on any atom is -0.481 e. The van der Waals surface area contributed by atoms with Crippen molar-refractivity contribution in [2.75, 3.05) is 6.54 Å². The van der Waals surface area contributed by atoms with Crippen LogP contribution in [0.15, 0.2) is 30.5 Å². The summed E-state index contributed by atoms with van der Waals surface area (Å²) in [7, 11) is 0. The van der Waals surface area contributed by atoms with Crippen molar-refractivity contribution in [3.8, 4) is 0 Å². The van der Waals surface area contributed by atoms with Gasteiger partial charge in [-0.05, 0) is 37.3 Å². The standard InChI is InChI=1S/C36H51N9O14/c1-16(2)29(36(58)59)44-34(56)23(12-18-15-39-20-7-5-4-6-19(18)20)43-35(57)30(17(3)46)45-32(54)22(9-11-27(49)50)41-33(55)24(13-28(51)52)42-31(53)21(8-10-25(38)47)40-26(48)14-37/h4-7,15-17,21-24,29-30,39,46H,8-14,37H2,1-3H3,(H2,38,47)(H,40,48)(H,41,55)(H,42,53)(H,43,57)(H,44,56)(H,45,54)(H,49,50)(H,51,52)(H,58,59)/t17-,21+,22+,23+,24+,29+,30+/m1/s1. The number of carbonyl (C=O) groups is 10. The lowest BCUT2D eigenvalue weighted by Crippen LogP contribution is -2.62. The number of nitrogens with one attached hydrogen (secondary N) is 7. The highest BCUT2D eigenvalue weighted by molar-refractivity contribution is 5.98. The monoisotopic (exact) mass is 833 g/mol. The lowest BCUT2D eigenvalue weighted by atomic mass is 10.0. The van der Waals surface area contributed by atoms with Crippen molar-refractivity contribution in [3.63, 3.8) is 0 Å². The van der Waals surface area contributed by atoms with Crippen LogP contribution in [-0.2, 0) is 54.4 Å². The zero-order chi connectivity index (χ0) is 44.6. The molecule has 2 rings (SSSR count). The molecule has 7 atom stereocenters. The number of H-pyrrole nitrogens is 1. The van der Waals surface area contributed by atoms with Crippen LogP contribution in [0.4, 0.5) is 0 Å². The summed E-state index contributed by atoms with van der Waals surface area (Å²) < 4.78 is 0. The third-order valence-corrected chi connectivity index (χ3v) is 8.83. The van der Waals surface area contributed by atoms with Crippen molar-refractivity contribution < 1.29 is 68.4 Å². The topological polar surface area (TPSA) is 392 Å². The summed E-state index contributed by atoms with van der Waals surface area (Å²) in [6.07, 6.45) is -3.60. The van der Waals surface area contributed by atoms with E-state index in [-0.39, 0.29) is 12.8 Å². The SMILES string of the molecule is CC(C)[C@H](NC(=O)[C@H](Cc1c[nH]c2ccccc12)NC(=O)[C@@H](NC(=O)[C@H](CCC(=O)O)NC(=O)[C@H](CC(=O)O)NC(=O)[C@H](CCC(N)=O)NC(=O)CN)[C@@H](C)O)C(=O)O. The number of aromatic amines is 1. The number of carboxylic acids is 3. The molecule has 0 spiro atoms. The number of hydrogen-bond donors (Lipinski definition) is 13. The minimum atomic E-state index is -1.95. The molecule has 0 unspecified atom stereocenters. The van der Waals surface area contributed by atoms with Gasteiger partial charge in [0.25, 0.3) is 0 Å². The molecule has 2 aromatic rings. The molecule has 59 heavy (non-hydrogen) atoms. The number of amides is 7. The maximum Gasteiger partial charge on any atom is 0.326 e. The molecule has 7 amide bonds. The molecule has 324 valence electrons. The fraction of sp³-hybridized carbons (Fsp3) is 0.500. The van der Waals surface area contributed by atoms with E-state index in [4.69, 9.17) is 11.5 Å². The van der Waals surface area contributed by atoms with E-state index in [9.17, 15) is 68.4 Å². The molecule has 0 radical (unpaired) electrons. The van der Waals surface area contributed by atoms with Crippen molar-refractivity contribution >= 4 is 70.2 Å². The highest BCUT2D eigenvalue weighted by Gasteiger charge is 2.36. The van der Waals surface area contributed by atoms with Gasteiger partial charge in [-0.25, -0.2) is 4.79 Å². The van der Waals surface area contributed by atoms with E-state index in [0.29, 0.717) is 16.5 Å². The van der Waals surface area contributed by atoms with Crippen LogP contribution in [-0.4, -0.2) is 134 Å². The van der Waals surface area contributed by atoms with Crippen LogP contribution in [0.5, 0.6) is 0 Å². The summed E-state index contributed by atoms with van der Waals surface area (Å²) >= 11 is 0. The molecule has 0 aliphatic carbocycles. The van der Waals surface area contributed by atoms with E-state index in [1.165, 1.54) is 0 Å². The van der Waals surface area contributed by atoms with Gasteiger partial charge < -0.3 is 68.8 Å². The van der Waals surface area contributed by atoms with Crippen LogP contribution in [0, 0.1) is 5.92 Å². The Hall–Kier alpha value is -6.62. The van der Waals surface area contributed by atoms with Gasteiger partial charge in [-0.3, -0.25) is 43.2 Å². The zero-order valence-electron chi connectivity index (χ0n) is 32.5. The van der Waals surface area contributed by atoms with Gasteiger partial charge in [0.05, 0.1) is 19.1 Å². The average molecular weight is 834 g/mol. The van der Waals surface area contributed by atoms with Gasteiger partial charge in [-0.15, -0.1) is 0 Å². The number of aliphatic hydroxyl groups excluding tert-OH is 1. The molecule has 0 bridgehead atoms. The normalized spacial score (nSPS) is 14.6. The third kappa shape index (κ3) is 15.7. The molecule has 1 aromatic heterocycles. The van der Waals surface area contributed by atoms with Gasteiger partial charge in [-0.2, -0.15) is 0 Å². The van der Waals surface area contributed by atoms with Crippen LogP contribution < -0.4 is 43.4 Å². The molecule has 1 aromatic carbocycles. The number of aliphatic carboxylic acids is 3. The Labute approximate surface area is 336 Å². The summed E-state index contributed by atoms with van der Waals surface area (Å²) in [5, 5.41) is 53.3. The van der Waals surface area contributed by atoms with Crippen LogP contribution in [0.1, 0.15) is 58.4 Å². The molecule has 15 N–H and O–H groups in total. The molecule has 0 aliphatic heterocycles. The molecular formula is C36H51N9O14. The maximum absolute atomic E-state index is 13.7. The molecule has 23 heteroatoms. The third-order valence-electron chi connectivity index (χ3n) is 8.83. The number of carboxylic acid groups (broad SMARTS) is 3. The van der Waals surface area contributed by atoms with Crippen molar-refractivity contribution in [1.82, 2.24) is 36.9 Å². The van der Waals surface area contributed by atoms with Crippen molar-refractivity contribution in [2.45, 2.75) is 102 Å². The predicted molar refractivity (Wildman–Crippen MR) is 204 cm³/mol. The minimum absolute atomic E-state index is 0.195. The molecular weight excluding hydrogens is 782 g/mol. The maximum atomic E-state index is 13.7. The predicted octanol–water partition coefficient (Wildman–Crippen LogP) is -3.70. The van der Waals surface area contributed by atoms with Gasteiger partial charge in [0.2, 0.25) is 41.4 Å². The van der Waals surface area contributed by atoms with Gasteiger partial charge in [0.15, 0.2) is 0 Å². The van der Waals surface area contributed by atoms with Crippen molar-refractivity contribution in [2.24, 2.45) is 17.4 Å². The van der Waals surface area contributed by atoms with Crippen LogP contribution in [0.25, 0.3) is 10.9 Å². The molecule has 0 saturated carbocycles. The molecule has 0 fully saturated rings. The fourth-order valence-electron chi connectivity index (χ4n) is 5.69. The van der Waals surface area contributed by atoms with Crippen molar-refractivity contribution in [1.29, 1.82) is 0 Å². The summed E-state index contributed by atoms with van der Waals surface area (Å²) in [6.45, 7) is 3.62. The largest absolute Gasteiger partial charge is 0.481 e. The second kappa shape index (κ2) is 23.0. The second-order valence-corrected chi connectivity index (χ2v) is 13.9. The first-order chi connectivity index (χ1) is 27.6. The van der Waals surface area contributed by atoms with Crippen LogP contribution in [0.2, 0.25) is 0 Å². The number of rotatable bonds is 25. The van der Waals surface area contributed by atoms with Crippen LogP contribution >= 0.6 is 0 Å². The highest BCUT2D eigenvalue weighted by atomic mass is 16.4. The Morgan fingerprint density at radius 2 is 1.19 bits per heavy atom. The Bertz CT molecular complexity index is 1880. The first kappa shape index (κ1) is 48.5. The van der Waals surface area contributed by atoms with E-state index in [2.05, 4.69) is 36.9 Å². The molecule has 23 nitrogen and oxygen atoms in total. The van der Waals surface area contributed by atoms with Crippen LogP contribution in [0.3, 0.4) is 0 Å². The Balaban J connectivity index is 2.40. The molecule has 0 aliphatic rings. The Morgan fingerprint density at radius 1 is 0.661 bits per heavy atom. The summed E-state index contributed by atoms with van der Waals surface area (Å²) in [5.74, 6) is -12.4. The number of primary amides is 1. The second-order valence-electron chi connectivity index (χ2n) is 13.9. The average Bonchev–Trinajstić information content (AvgIpc) is 3.56. The summed E-state index contributed by atoms with van der Waals surface area (Å²) in [4.78, 5) is 129. The summed E-state index contributed by atoms with van der Waals surface area (Å²) in [5.41, 5.74) is 11.6. The number of para-hydroxylation sites is 1. The van der Waals surface area contributed by atoms with E-state index in [0.717, 1.165) is 6.92 Å². The number of aromatic nitrogens is 1. The van der Waals surface area contributed by atoms with E-state index < -0.39 is 140 Å². The number of carbonyl (C=O) groups excluding carboxylic acids is 7. The van der Waals surface area contributed by atoms with Gasteiger partial charge in [0.1, 0.15) is 36.3 Å². The van der Waals surface area contributed by atoms with Gasteiger partial charge in [0, 0.05) is 36.4 Å². The zero-order valence-corrected chi connectivity index (χ0v) is 32.5. The molecule has 1 heterocycles. The first-order valence-corrected chi connectivity index (χ1v) is 18.3. The highest BCUT2D eigenvalue weighted by Crippen LogP contribution is 2.20. The van der Waals surface area contributed by atoms with Gasteiger partial charge >= 0.3 is 17.9 Å². The van der Waals surface area contributed by atoms with Gasteiger partial charge in [-0.1, -0.05) is 32.0 Å². The fourth-order valence-corrected chi connectivity index (χ4v) is 5.69. The van der Waals surface area contributed by atoms with E-state index >= 15 is 0 Å². The number of benzene rings is 1. The quantitative estimate of drug-likeness (QED) is 0.0458. The first-order valence-electron chi connectivity index (χ1n) is 18.3. The van der Waals surface area contributed by atoms with E-state index in [1.54, 1.807) is 44.3 Å². The number of nitrogens with two attached hydrogens (primary N) is 2. The lowest BCUT2D eigenvalue weighted by molar-refractivity contribution is -0.144. The Kier molecular flexibility index (Phi) is 18.9. The smallest absolute Gasteiger partial charge is 0.326 e. The number of fused-ring (bicyclic) bond motifs is 1. The Morgan fingerprint density at radius 3 is 1.75 bits per heavy atom.